The average molecular weight is 143 g/mol. The lowest BCUT2D eigenvalue weighted by molar-refractivity contribution is -0.180. The molecule has 0 aliphatic carbocycles. The zero-order valence-corrected chi connectivity index (χ0v) is 6.68. The first-order valence-corrected chi connectivity index (χ1v) is 3.37. The summed E-state index contributed by atoms with van der Waals surface area (Å²) in [5, 5.41) is 8.55. The van der Waals surface area contributed by atoms with Crippen LogP contribution in [-0.4, -0.2) is 19.0 Å². The number of hydrogen-bond donors (Lipinski definition) is 0. The molecule has 0 fully saturated rings. The van der Waals surface area contributed by atoms with E-state index < -0.39 is 5.79 Å². The van der Waals surface area contributed by atoms with Gasteiger partial charge in [0, 0.05) is 20.1 Å². The molecular formula is C7H13NO2. The van der Waals surface area contributed by atoms with Crippen molar-refractivity contribution in [3.8, 4) is 6.07 Å². The van der Waals surface area contributed by atoms with Crippen molar-refractivity contribution in [1.29, 1.82) is 5.26 Å². The van der Waals surface area contributed by atoms with Crippen molar-refractivity contribution < 1.29 is 9.47 Å². The van der Waals surface area contributed by atoms with Crippen molar-refractivity contribution in [2.45, 2.75) is 26.6 Å². The van der Waals surface area contributed by atoms with E-state index in [1.807, 2.05) is 19.9 Å². The van der Waals surface area contributed by atoms with Crippen LogP contribution in [0, 0.1) is 11.3 Å². The van der Waals surface area contributed by atoms with Crippen LogP contribution in [-0.2, 0) is 9.47 Å². The topological polar surface area (TPSA) is 42.2 Å². The molecule has 0 aromatic rings. The molecule has 3 heteroatoms. The number of ether oxygens (including phenoxy) is 2. The zero-order chi connectivity index (χ0) is 8.04. The third kappa shape index (κ3) is 2.81. The van der Waals surface area contributed by atoms with Crippen LogP contribution in [0.3, 0.4) is 0 Å². The summed E-state index contributed by atoms with van der Waals surface area (Å²) in [7, 11) is 0. The molecule has 10 heavy (non-hydrogen) atoms. The number of rotatable bonds is 4. The van der Waals surface area contributed by atoms with E-state index in [9.17, 15) is 0 Å². The van der Waals surface area contributed by atoms with Crippen LogP contribution in [0.15, 0.2) is 0 Å². The molecule has 0 heterocycles. The van der Waals surface area contributed by atoms with Crippen LogP contribution in [0.4, 0.5) is 0 Å². The van der Waals surface area contributed by atoms with Crippen molar-refractivity contribution in [3.05, 3.63) is 0 Å². The minimum atomic E-state index is -1.05. The van der Waals surface area contributed by atoms with Gasteiger partial charge in [-0.1, -0.05) is 0 Å². The minimum absolute atomic E-state index is 0.490. The predicted molar refractivity (Wildman–Crippen MR) is 37.3 cm³/mol. The van der Waals surface area contributed by atoms with Crippen LogP contribution >= 0.6 is 0 Å². The molecule has 0 atom stereocenters. The van der Waals surface area contributed by atoms with Gasteiger partial charge in [0.2, 0.25) is 0 Å². The van der Waals surface area contributed by atoms with Gasteiger partial charge in [0.15, 0.2) is 0 Å². The average Bonchev–Trinajstić information content (AvgIpc) is 1.89. The monoisotopic (exact) mass is 143 g/mol. The number of nitrogens with zero attached hydrogens (tertiary/aromatic N) is 1. The molecule has 0 unspecified atom stereocenters. The van der Waals surface area contributed by atoms with Gasteiger partial charge in [-0.2, -0.15) is 5.26 Å². The van der Waals surface area contributed by atoms with Crippen LogP contribution < -0.4 is 0 Å². The van der Waals surface area contributed by atoms with E-state index in [1.54, 1.807) is 6.92 Å². The maximum atomic E-state index is 8.55. The van der Waals surface area contributed by atoms with Gasteiger partial charge < -0.3 is 9.47 Å². The minimum Gasteiger partial charge on any atom is -0.339 e. The molecule has 0 saturated carbocycles. The van der Waals surface area contributed by atoms with Crippen molar-refractivity contribution in [1.82, 2.24) is 0 Å². The summed E-state index contributed by atoms with van der Waals surface area (Å²) in [5.41, 5.74) is 0. The molecule has 0 radical (unpaired) electrons. The third-order valence-electron chi connectivity index (χ3n) is 1.04. The van der Waals surface area contributed by atoms with E-state index in [0.717, 1.165) is 0 Å². The highest BCUT2D eigenvalue weighted by molar-refractivity contribution is 4.89. The first-order chi connectivity index (χ1) is 4.68. The third-order valence-corrected chi connectivity index (χ3v) is 1.04. The molecule has 3 nitrogen and oxygen atoms in total. The standard InChI is InChI=1S/C7H13NO2/c1-4-9-7(3,6-8)10-5-2/h4-5H2,1-3H3. The summed E-state index contributed by atoms with van der Waals surface area (Å²) >= 11 is 0. The van der Waals surface area contributed by atoms with Gasteiger partial charge in [0.05, 0.1) is 0 Å². The van der Waals surface area contributed by atoms with Crippen molar-refractivity contribution in [3.63, 3.8) is 0 Å². The van der Waals surface area contributed by atoms with Crippen LogP contribution in [0.2, 0.25) is 0 Å². The van der Waals surface area contributed by atoms with Gasteiger partial charge in [-0.3, -0.25) is 0 Å². The largest absolute Gasteiger partial charge is 0.339 e. The highest BCUT2D eigenvalue weighted by atomic mass is 16.7. The van der Waals surface area contributed by atoms with Crippen molar-refractivity contribution in [2.75, 3.05) is 13.2 Å². The van der Waals surface area contributed by atoms with E-state index in [1.165, 1.54) is 0 Å². The van der Waals surface area contributed by atoms with Gasteiger partial charge in [-0.25, -0.2) is 0 Å². The number of nitriles is 1. The Balaban J connectivity index is 3.85. The van der Waals surface area contributed by atoms with Crippen LogP contribution in [0.1, 0.15) is 20.8 Å². The fourth-order valence-electron chi connectivity index (χ4n) is 0.657. The molecule has 0 aromatic heterocycles. The van der Waals surface area contributed by atoms with Gasteiger partial charge in [-0.15, -0.1) is 0 Å². The maximum Gasteiger partial charge on any atom is 0.256 e. The molecule has 58 valence electrons. The van der Waals surface area contributed by atoms with Crippen molar-refractivity contribution >= 4 is 0 Å². The Morgan fingerprint density at radius 3 is 1.90 bits per heavy atom. The summed E-state index contributed by atoms with van der Waals surface area (Å²) in [4.78, 5) is 0. The second-order valence-electron chi connectivity index (χ2n) is 1.92. The van der Waals surface area contributed by atoms with E-state index in [4.69, 9.17) is 14.7 Å². The summed E-state index contributed by atoms with van der Waals surface area (Å²) in [5.74, 6) is -1.05. The van der Waals surface area contributed by atoms with Gasteiger partial charge in [0.25, 0.3) is 5.79 Å². The zero-order valence-electron chi connectivity index (χ0n) is 6.68. The normalized spacial score (nSPS) is 11.0. The van der Waals surface area contributed by atoms with Crippen molar-refractivity contribution in [2.24, 2.45) is 0 Å². The Morgan fingerprint density at radius 2 is 1.70 bits per heavy atom. The first kappa shape index (κ1) is 9.41. The molecule has 0 aliphatic rings. The Bertz CT molecular complexity index is 122. The molecule has 0 aromatic carbocycles. The fourth-order valence-corrected chi connectivity index (χ4v) is 0.657. The first-order valence-electron chi connectivity index (χ1n) is 3.37. The van der Waals surface area contributed by atoms with E-state index in [2.05, 4.69) is 0 Å². The van der Waals surface area contributed by atoms with Gasteiger partial charge in [0.1, 0.15) is 6.07 Å². The number of hydrogen-bond acceptors (Lipinski definition) is 3. The Morgan fingerprint density at radius 1 is 1.30 bits per heavy atom. The SMILES string of the molecule is CCOC(C)(C#N)OCC. The lowest BCUT2D eigenvalue weighted by atomic mass is 10.3. The fraction of sp³-hybridized carbons (Fsp3) is 0.857. The van der Waals surface area contributed by atoms with Gasteiger partial charge >= 0.3 is 0 Å². The van der Waals surface area contributed by atoms with E-state index in [0.29, 0.717) is 13.2 Å². The van der Waals surface area contributed by atoms with Crippen LogP contribution in [0.25, 0.3) is 0 Å². The Kier molecular flexibility index (Phi) is 4.01. The lowest BCUT2D eigenvalue weighted by Gasteiger charge is -2.20. The van der Waals surface area contributed by atoms with E-state index in [-0.39, 0.29) is 0 Å². The smallest absolute Gasteiger partial charge is 0.256 e. The summed E-state index contributed by atoms with van der Waals surface area (Å²) in [6.45, 7) is 6.25. The molecule has 0 amide bonds. The summed E-state index contributed by atoms with van der Waals surface area (Å²) in [6, 6.07) is 1.94. The highest BCUT2D eigenvalue weighted by Gasteiger charge is 2.23. The molecule has 0 saturated heterocycles. The van der Waals surface area contributed by atoms with Gasteiger partial charge in [-0.05, 0) is 13.8 Å². The Labute approximate surface area is 61.5 Å². The maximum absolute atomic E-state index is 8.55. The molecule has 0 aliphatic heterocycles. The quantitative estimate of drug-likeness (QED) is 0.557. The second-order valence-corrected chi connectivity index (χ2v) is 1.92. The highest BCUT2D eigenvalue weighted by Crippen LogP contribution is 2.09. The molecule has 0 rings (SSSR count). The van der Waals surface area contributed by atoms with E-state index >= 15 is 0 Å². The predicted octanol–water partition coefficient (Wildman–Crippen LogP) is 1.30. The molecular weight excluding hydrogens is 130 g/mol. The Hall–Kier alpha value is -0.590. The summed E-state index contributed by atoms with van der Waals surface area (Å²) in [6.07, 6.45) is 0. The summed E-state index contributed by atoms with van der Waals surface area (Å²) < 4.78 is 10.1. The second kappa shape index (κ2) is 4.26. The molecule has 0 spiro atoms. The molecule has 0 bridgehead atoms. The lowest BCUT2D eigenvalue weighted by Crippen LogP contribution is -2.30. The molecule has 0 N–H and O–H groups in total. The van der Waals surface area contributed by atoms with Crippen LogP contribution in [0.5, 0.6) is 0 Å².